The van der Waals surface area contributed by atoms with Gasteiger partial charge in [0.15, 0.2) is 5.78 Å². The summed E-state index contributed by atoms with van der Waals surface area (Å²) in [6.45, 7) is 0. The minimum atomic E-state index is -1.01. The van der Waals surface area contributed by atoms with Crippen molar-refractivity contribution in [1.29, 1.82) is 0 Å². The predicted octanol–water partition coefficient (Wildman–Crippen LogP) is 2.99. The summed E-state index contributed by atoms with van der Waals surface area (Å²) in [5, 5.41) is 14.8. The summed E-state index contributed by atoms with van der Waals surface area (Å²) in [4.78, 5) is 22.8. The molecule has 0 aliphatic carbocycles. The largest absolute Gasteiger partial charge is 0.478 e. The number of hydrogen-bond acceptors (Lipinski definition) is 4. The SMILES string of the molecule is NN=CNc1cccc(C(=O)C=Cc2cccc(C=CC(=O)O)c2)c1. The maximum Gasteiger partial charge on any atom is 0.328 e. The fourth-order valence-electron chi connectivity index (χ4n) is 2.08. The van der Waals surface area contributed by atoms with Crippen molar-refractivity contribution >= 4 is 35.9 Å². The van der Waals surface area contributed by atoms with Gasteiger partial charge in [0.1, 0.15) is 6.34 Å². The first-order valence-electron chi connectivity index (χ1n) is 7.40. The summed E-state index contributed by atoms with van der Waals surface area (Å²) in [5.74, 6) is 3.87. The number of nitrogens with two attached hydrogens (primary N) is 1. The van der Waals surface area contributed by atoms with E-state index in [1.807, 2.05) is 6.07 Å². The van der Waals surface area contributed by atoms with Gasteiger partial charge >= 0.3 is 5.97 Å². The number of aliphatic carboxylic acids is 1. The third kappa shape index (κ3) is 5.80. The number of nitrogens with one attached hydrogen (secondary N) is 1. The summed E-state index contributed by atoms with van der Waals surface area (Å²) in [6.07, 6.45) is 7.04. The molecule has 6 nitrogen and oxygen atoms in total. The monoisotopic (exact) mass is 335 g/mol. The number of benzene rings is 2. The maximum absolute atomic E-state index is 12.3. The van der Waals surface area contributed by atoms with E-state index in [-0.39, 0.29) is 5.78 Å². The van der Waals surface area contributed by atoms with Crippen LogP contribution in [0.3, 0.4) is 0 Å². The number of carboxylic acids is 1. The molecule has 2 rings (SSSR count). The van der Waals surface area contributed by atoms with Crippen LogP contribution < -0.4 is 11.2 Å². The molecule has 0 bridgehead atoms. The van der Waals surface area contributed by atoms with Crippen molar-refractivity contribution in [3.63, 3.8) is 0 Å². The first kappa shape index (κ1) is 17.7. The van der Waals surface area contributed by atoms with Crippen molar-refractivity contribution in [3.05, 3.63) is 77.4 Å². The number of nitrogens with zero attached hydrogens (tertiary/aromatic N) is 1. The maximum atomic E-state index is 12.3. The van der Waals surface area contributed by atoms with Crippen molar-refractivity contribution in [2.45, 2.75) is 0 Å². The lowest BCUT2D eigenvalue weighted by atomic mass is 10.1. The van der Waals surface area contributed by atoms with Crippen molar-refractivity contribution in [1.82, 2.24) is 0 Å². The third-order valence-corrected chi connectivity index (χ3v) is 3.21. The number of carbonyl (C=O) groups excluding carboxylic acids is 1. The van der Waals surface area contributed by atoms with Crippen molar-refractivity contribution in [2.75, 3.05) is 5.32 Å². The van der Waals surface area contributed by atoms with E-state index < -0.39 is 5.97 Å². The molecule has 0 fully saturated rings. The van der Waals surface area contributed by atoms with Gasteiger partial charge in [-0.15, -0.1) is 0 Å². The van der Waals surface area contributed by atoms with Crippen LogP contribution in [-0.2, 0) is 4.79 Å². The van der Waals surface area contributed by atoms with Gasteiger partial charge in [-0.3, -0.25) is 4.79 Å². The Morgan fingerprint density at radius 2 is 1.68 bits per heavy atom. The molecule has 4 N–H and O–H groups in total. The van der Waals surface area contributed by atoms with E-state index in [1.165, 1.54) is 18.5 Å². The highest BCUT2D eigenvalue weighted by molar-refractivity contribution is 6.07. The highest BCUT2D eigenvalue weighted by atomic mass is 16.4. The topological polar surface area (TPSA) is 105 Å². The molecule has 0 atom stereocenters. The third-order valence-electron chi connectivity index (χ3n) is 3.21. The molecule has 0 heterocycles. The minimum Gasteiger partial charge on any atom is -0.478 e. The minimum absolute atomic E-state index is 0.153. The molecular weight excluding hydrogens is 318 g/mol. The van der Waals surface area contributed by atoms with Gasteiger partial charge in [-0.25, -0.2) is 4.79 Å². The Labute approximate surface area is 145 Å². The van der Waals surface area contributed by atoms with E-state index in [0.29, 0.717) is 11.3 Å². The molecule has 6 heteroatoms. The van der Waals surface area contributed by atoms with Gasteiger partial charge in [-0.2, -0.15) is 5.10 Å². The van der Waals surface area contributed by atoms with Crippen LogP contribution >= 0.6 is 0 Å². The summed E-state index contributed by atoms with van der Waals surface area (Å²) in [6, 6.07) is 14.2. The quantitative estimate of drug-likeness (QED) is 0.180. The molecule has 25 heavy (non-hydrogen) atoms. The van der Waals surface area contributed by atoms with Crippen LogP contribution in [0.5, 0.6) is 0 Å². The van der Waals surface area contributed by atoms with E-state index in [4.69, 9.17) is 10.9 Å². The average molecular weight is 335 g/mol. The Morgan fingerprint density at radius 1 is 1.00 bits per heavy atom. The Hall–Kier alpha value is -3.67. The molecule has 0 unspecified atom stereocenters. The second-order valence-corrected chi connectivity index (χ2v) is 5.04. The second-order valence-electron chi connectivity index (χ2n) is 5.04. The Bertz CT molecular complexity index is 854. The van der Waals surface area contributed by atoms with Crippen LogP contribution in [-0.4, -0.2) is 23.2 Å². The van der Waals surface area contributed by atoms with Gasteiger partial charge in [-0.05, 0) is 41.5 Å². The molecule has 0 aliphatic rings. The molecule has 2 aromatic rings. The van der Waals surface area contributed by atoms with Crippen LogP contribution in [0, 0.1) is 0 Å². The lowest BCUT2D eigenvalue weighted by Gasteiger charge is -2.02. The first-order chi connectivity index (χ1) is 12.1. The predicted molar refractivity (Wildman–Crippen MR) is 99.2 cm³/mol. The van der Waals surface area contributed by atoms with Crippen molar-refractivity contribution in [2.24, 2.45) is 10.9 Å². The van der Waals surface area contributed by atoms with Gasteiger partial charge in [0, 0.05) is 17.3 Å². The molecule has 0 aliphatic heterocycles. The van der Waals surface area contributed by atoms with Crippen molar-refractivity contribution < 1.29 is 14.7 Å². The number of hydrogen-bond donors (Lipinski definition) is 3. The number of allylic oxidation sites excluding steroid dienone is 1. The molecular formula is C19H17N3O3. The lowest BCUT2D eigenvalue weighted by molar-refractivity contribution is -0.131. The molecule has 0 aromatic heterocycles. The highest BCUT2D eigenvalue weighted by Gasteiger charge is 2.02. The van der Waals surface area contributed by atoms with E-state index >= 15 is 0 Å². The zero-order valence-electron chi connectivity index (χ0n) is 13.3. The smallest absolute Gasteiger partial charge is 0.328 e. The van der Waals surface area contributed by atoms with Crippen LogP contribution in [0.1, 0.15) is 21.5 Å². The van der Waals surface area contributed by atoms with Gasteiger partial charge in [0.25, 0.3) is 0 Å². The van der Waals surface area contributed by atoms with Crippen LogP contribution in [0.25, 0.3) is 12.2 Å². The molecule has 0 radical (unpaired) electrons. The fraction of sp³-hybridized carbons (Fsp3) is 0. The van der Waals surface area contributed by atoms with Gasteiger partial charge in [0.2, 0.25) is 0 Å². The van der Waals surface area contributed by atoms with Crippen LogP contribution in [0.4, 0.5) is 5.69 Å². The molecule has 0 spiro atoms. The molecule has 0 amide bonds. The fourth-order valence-corrected chi connectivity index (χ4v) is 2.08. The summed E-state index contributed by atoms with van der Waals surface area (Å²) in [5.41, 5.74) is 2.76. The number of carboxylic acid groups (broad SMARTS) is 1. The van der Waals surface area contributed by atoms with E-state index in [2.05, 4.69) is 10.4 Å². The number of rotatable bonds is 7. The van der Waals surface area contributed by atoms with Gasteiger partial charge in [0.05, 0.1) is 0 Å². The summed E-state index contributed by atoms with van der Waals surface area (Å²) >= 11 is 0. The number of anilines is 1. The van der Waals surface area contributed by atoms with Gasteiger partial charge in [-0.1, -0.05) is 36.4 Å². The normalized spacial score (nSPS) is 11.4. The zero-order chi connectivity index (χ0) is 18.1. The van der Waals surface area contributed by atoms with Gasteiger partial charge < -0.3 is 16.3 Å². The van der Waals surface area contributed by atoms with Crippen LogP contribution in [0.15, 0.2) is 65.8 Å². The number of carbonyl (C=O) groups is 2. The Kier molecular flexibility index (Phi) is 6.24. The number of hydrazone groups is 1. The molecule has 2 aromatic carbocycles. The molecule has 0 saturated heterocycles. The highest BCUT2D eigenvalue weighted by Crippen LogP contribution is 2.13. The Morgan fingerprint density at radius 3 is 2.36 bits per heavy atom. The molecule has 0 saturated carbocycles. The Balaban J connectivity index is 2.12. The number of ketones is 1. The van der Waals surface area contributed by atoms with E-state index in [0.717, 1.165) is 17.2 Å². The molecule has 126 valence electrons. The first-order valence-corrected chi connectivity index (χ1v) is 7.40. The standard InChI is InChI=1S/C19H17N3O3/c20-22-13-21-17-6-2-5-16(12-17)18(23)9-7-14-3-1-4-15(11-14)8-10-19(24)25/h1-13H,20H2,(H,21,22)(H,24,25). The average Bonchev–Trinajstić information content (AvgIpc) is 2.63. The summed E-state index contributed by atoms with van der Waals surface area (Å²) < 4.78 is 0. The van der Waals surface area contributed by atoms with Crippen molar-refractivity contribution in [3.8, 4) is 0 Å². The lowest BCUT2D eigenvalue weighted by Crippen LogP contribution is -2.00. The van der Waals surface area contributed by atoms with E-state index in [1.54, 1.807) is 48.5 Å². The summed E-state index contributed by atoms with van der Waals surface area (Å²) in [7, 11) is 0. The second kappa shape index (κ2) is 8.83. The zero-order valence-corrected chi connectivity index (χ0v) is 13.3. The van der Waals surface area contributed by atoms with E-state index in [9.17, 15) is 9.59 Å². The van der Waals surface area contributed by atoms with Crippen LogP contribution in [0.2, 0.25) is 0 Å².